The summed E-state index contributed by atoms with van der Waals surface area (Å²) < 4.78 is 34.4. The summed E-state index contributed by atoms with van der Waals surface area (Å²) in [5.74, 6) is -2.27. The highest BCUT2D eigenvalue weighted by Crippen LogP contribution is 2.43. The van der Waals surface area contributed by atoms with Crippen LogP contribution in [0.1, 0.15) is 149 Å². The molecule has 0 aliphatic carbocycles. The zero-order valence-electron chi connectivity index (χ0n) is 38.3. The van der Waals surface area contributed by atoms with Gasteiger partial charge in [0.25, 0.3) is 0 Å². The molecule has 0 saturated carbocycles. The first-order chi connectivity index (χ1) is 29.1. The van der Waals surface area contributed by atoms with E-state index in [1.807, 2.05) is 45.4 Å². The number of phosphoric acid groups is 1. The highest BCUT2D eigenvalue weighted by atomic mass is 32.2. The third-order valence-electron chi connectivity index (χ3n) is 9.61. The first-order valence-corrected chi connectivity index (χ1v) is 25.3. The summed E-state index contributed by atoms with van der Waals surface area (Å²) in [5, 5.41) is 19.5. The van der Waals surface area contributed by atoms with Crippen LogP contribution in [0.2, 0.25) is 0 Å². The van der Waals surface area contributed by atoms with Crippen molar-refractivity contribution in [1.82, 2.24) is 0 Å². The van der Waals surface area contributed by atoms with E-state index in [0.717, 1.165) is 32.1 Å². The topological polar surface area (TPSA) is 192 Å². The quantitative estimate of drug-likeness (QED) is 0.0113. The van der Waals surface area contributed by atoms with E-state index in [4.69, 9.17) is 29.4 Å². The average molecular weight is 904 g/mol. The third-order valence-corrected chi connectivity index (χ3v) is 12.0. The minimum absolute atomic E-state index is 0.0248. The molecular formula is C46H84N2O11PS+. The number of carbonyl (C=O) groups is 3. The number of allylic oxidation sites excluding steroid dienone is 7. The van der Waals surface area contributed by atoms with Crippen LogP contribution in [0, 0.1) is 0 Å². The molecule has 13 nitrogen and oxygen atoms in total. The molecule has 0 radical (unpaired) electrons. The van der Waals surface area contributed by atoms with Crippen LogP contribution in [0.4, 0.5) is 0 Å². The van der Waals surface area contributed by atoms with Crippen LogP contribution in [0.5, 0.6) is 0 Å². The lowest BCUT2D eigenvalue weighted by Gasteiger charge is -2.25. The zero-order valence-corrected chi connectivity index (χ0v) is 40.0. The summed E-state index contributed by atoms with van der Waals surface area (Å²) >= 11 is 1.21. The Morgan fingerprint density at radius 1 is 0.754 bits per heavy atom. The first kappa shape index (κ1) is 58.7. The number of nitrogens with zero attached hydrogens (tertiary/aromatic N) is 1. The molecule has 0 aromatic carbocycles. The molecule has 0 aromatic rings. The van der Waals surface area contributed by atoms with Gasteiger partial charge in [-0.1, -0.05) is 146 Å². The van der Waals surface area contributed by atoms with Crippen molar-refractivity contribution in [1.29, 1.82) is 0 Å². The van der Waals surface area contributed by atoms with Gasteiger partial charge in [0.15, 0.2) is 6.10 Å². The Morgan fingerprint density at radius 2 is 1.36 bits per heavy atom. The van der Waals surface area contributed by atoms with Crippen molar-refractivity contribution < 1.29 is 57.1 Å². The number of carboxylic acid groups (broad SMARTS) is 1. The Bertz CT molecular complexity index is 1300. The molecule has 0 aliphatic heterocycles. The van der Waals surface area contributed by atoms with Crippen LogP contribution >= 0.6 is 19.6 Å². The summed E-state index contributed by atoms with van der Waals surface area (Å²) in [6.07, 6.45) is 33.5. The van der Waals surface area contributed by atoms with Crippen molar-refractivity contribution in [2.75, 3.05) is 53.3 Å². The molecule has 5 N–H and O–H groups in total. The molecular weight excluding hydrogens is 820 g/mol. The van der Waals surface area contributed by atoms with Gasteiger partial charge in [0, 0.05) is 23.8 Å². The van der Waals surface area contributed by atoms with Gasteiger partial charge in [-0.25, -0.2) is 4.57 Å². The van der Waals surface area contributed by atoms with Gasteiger partial charge in [0.05, 0.1) is 33.9 Å². The van der Waals surface area contributed by atoms with E-state index < -0.39 is 62.4 Å². The Balaban J connectivity index is 5.33. The maximum Gasteiger partial charge on any atom is 0.472 e. The van der Waals surface area contributed by atoms with Gasteiger partial charge in [0.2, 0.25) is 0 Å². The van der Waals surface area contributed by atoms with Gasteiger partial charge < -0.3 is 34.8 Å². The van der Waals surface area contributed by atoms with Crippen molar-refractivity contribution in [3.63, 3.8) is 0 Å². The highest BCUT2D eigenvalue weighted by Gasteiger charge is 2.29. The second kappa shape index (κ2) is 38.2. The van der Waals surface area contributed by atoms with Crippen LogP contribution in [0.3, 0.4) is 0 Å². The van der Waals surface area contributed by atoms with Gasteiger partial charge in [0.1, 0.15) is 25.8 Å². The van der Waals surface area contributed by atoms with E-state index >= 15 is 0 Å². The van der Waals surface area contributed by atoms with Crippen molar-refractivity contribution in [3.05, 3.63) is 48.6 Å². The van der Waals surface area contributed by atoms with E-state index in [0.29, 0.717) is 17.4 Å². The monoisotopic (exact) mass is 904 g/mol. The number of hydrogen-bond donors (Lipinski definition) is 4. The standard InChI is InChI=1S/C46H83N2O11PS/c1-6-8-10-12-14-16-18-20-22-24-26-28-32-43(42(49)31-30-33-44(50)51)61-39-41(47)46(53)59-40(38-58-60(54,55)57-36-35-48(3,4)5)37-56-45(52)34-29-27-25-23-21-19-17-15-13-11-9-7-2/h14,16,20,22,24,26,28,32,40-43,49H,6-13,15,17-19,21,23,25,27,29-31,33-39,47H2,1-5H3,(H-,50,51,54,55)/p+1/b16-14-,22-20-,26-24+,32-28+/t40-,41+,42+,43-/m1/s1. The molecule has 61 heavy (non-hydrogen) atoms. The number of unbranched alkanes of at least 4 members (excludes halogenated alkanes) is 14. The number of hydrogen-bond acceptors (Lipinski definition) is 11. The van der Waals surface area contributed by atoms with Crippen LogP contribution in [-0.2, 0) is 37.5 Å². The van der Waals surface area contributed by atoms with Crippen molar-refractivity contribution >= 4 is 37.5 Å². The second-order valence-electron chi connectivity index (χ2n) is 16.7. The van der Waals surface area contributed by atoms with E-state index in [-0.39, 0.29) is 38.0 Å². The number of rotatable bonds is 41. The fraction of sp³-hybridized carbons (Fsp3) is 0.761. The number of likely N-dealkylation sites (N-methyl/N-ethyl adjacent to an activating group) is 1. The zero-order chi connectivity index (χ0) is 45.6. The largest absolute Gasteiger partial charge is 0.481 e. The molecule has 15 heteroatoms. The van der Waals surface area contributed by atoms with Gasteiger partial charge >= 0.3 is 25.7 Å². The number of thioether (sulfide) groups is 1. The Hall–Kier alpha value is -2.29. The van der Waals surface area contributed by atoms with Crippen LogP contribution in [0.25, 0.3) is 0 Å². The van der Waals surface area contributed by atoms with E-state index in [1.165, 1.54) is 82.4 Å². The average Bonchev–Trinajstić information content (AvgIpc) is 3.19. The number of aliphatic hydroxyl groups excluding tert-OH is 1. The number of carbonyl (C=O) groups excluding carboxylic acids is 2. The highest BCUT2D eigenvalue weighted by molar-refractivity contribution is 8.00. The van der Waals surface area contributed by atoms with E-state index in [1.54, 1.807) is 12.2 Å². The minimum atomic E-state index is -4.53. The number of nitrogens with two attached hydrogens (primary N) is 1. The Labute approximate surface area is 373 Å². The number of quaternary nitrogens is 1. The maximum atomic E-state index is 13.2. The number of phosphoric ester groups is 1. The lowest BCUT2D eigenvalue weighted by atomic mass is 10.0. The molecule has 0 fully saturated rings. The van der Waals surface area contributed by atoms with Crippen molar-refractivity contribution in [2.24, 2.45) is 5.73 Å². The van der Waals surface area contributed by atoms with Gasteiger partial charge in [-0.3, -0.25) is 23.4 Å². The molecule has 0 saturated heterocycles. The smallest absolute Gasteiger partial charge is 0.472 e. The molecule has 5 atom stereocenters. The summed E-state index contributed by atoms with van der Waals surface area (Å²) in [5.41, 5.74) is 6.24. The summed E-state index contributed by atoms with van der Waals surface area (Å²) in [7, 11) is 1.18. The SMILES string of the molecule is CCCCC/C=C\C\C=C/C=C/C=C/[C@@H](SC[C@H](N)C(=O)O[C@H](COC(=O)CCCCCCCCCCCCCC)COP(=O)(O)OCC[N+](C)(C)C)[C@@H](O)CCCC(=O)O. The normalized spacial score (nSPS) is 15.4. The predicted molar refractivity (Wildman–Crippen MR) is 248 cm³/mol. The van der Waals surface area contributed by atoms with E-state index in [2.05, 4.69) is 26.0 Å². The molecule has 0 rings (SSSR count). The van der Waals surface area contributed by atoms with E-state index in [9.17, 15) is 28.9 Å². The van der Waals surface area contributed by atoms with Crippen LogP contribution < -0.4 is 5.73 Å². The number of esters is 2. The van der Waals surface area contributed by atoms with Gasteiger partial charge in [-0.05, 0) is 38.5 Å². The summed E-state index contributed by atoms with van der Waals surface area (Å²) in [6, 6.07) is -1.18. The molecule has 0 spiro atoms. The third kappa shape index (κ3) is 39.1. The molecule has 0 aromatic heterocycles. The molecule has 0 heterocycles. The Kier molecular flexibility index (Phi) is 36.8. The molecule has 0 bridgehead atoms. The lowest BCUT2D eigenvalue weighted by molar-refractivity contribution is -0.870. The second-order valence-corrected chi connectivity index (χ2v) is 19.3. The first-order valence-electron chi connectivity index (χ1n) is 22.8. The number of ether oxygens (including phenoxy) is 2. The van der Waals surface area contributed by atoms with Crippen LogP contribution in [-0.4, -0.2) is 114 Å². The number of aliphatic hydroxyl groups is 1. The summed E-state index contributed by atoms with van der Waals surface area (Å²) in [4.78, 5) is 47.2. The van der Waals surface area contributed by atoms with Crippen molar-refractivity contribution in [3.8, 4) is 0 Å². The minimum Gasteiger partial charge on any atom is -0.481 e. The number of carboxylic acids is 1. The van der Waals surface area contributed by atoms with Crippen molar-refractivity contribution in [2.45, 2.75) is 172 Å². The predicted octanol–water partition coefficient (Wildman–Crippen LogP) is 9.61. The molecule has 1 unspecified atom stereocenters. The molecule has 354 valence electrons. The molecule has 0 aliphatic rings. The van der Waals surface area contributed by atoms with Crippen LogP contribution in [0.15, 0.2) is 48.6 Å². The molecule has 0 amide bonds. The van der Waals surface area contributed by atoms with Gasteiger partial charge in [-0.15, -0.1) is 11.8 Å². The van der Waals surface area contributed by atoms with Gasteiger partial charge in [-0.2, -0.15) is 0 Å². The fourth-order valence-electron chi connectivity index (χ4n) is 5.85. The fourth-order valence-corrected chi connectivity index (χ4v) is 7.72. The lowest BCUT2D eigenvalue weighted by Crippen LogP contribution is -2.40. The Morgan fingerprint density at radius 3 is 1.98 bits per heavy atom. The maximum absolute atomic E-state index is 13.2. The summed E-state index contributed by atoms with van der Waals surface area (Å²) in [6.45, 7) is 3.79. The number of aliphatic carboxylic acids is 1.